The molecule has 5 heteroatoms. The van der Waals surface area contributed by atoms with E-state index in [0.29, 0.717) is 12.3 Å². The molecule has 116 valence electrons. The zero-order valence-corrected chi connectivity index (χ0v) is 13.7. The Balaban J connectivity index is 1.80. The van der Waals surface area contributed by atoms with E-state index in [2.05, 4.69) is 22.1 Å². The molecule has 1 fully saturated rings. The van der Waals surface area contributed by atoms with Crippen molar-refractivity contribution in [3.63, 3.8) is 0 Å². The molecule has 1 saturated heterocycles. The molecule has 2 atom stereocenters. The molecule has 21 heavy (non-hydrogen) atoms. The molecule has 1 aromatic rings. The smallest absolute Gasteiger partial charge is 0.193 e. The highest BCUT2D eigenvalue weighted by atomic mass is 32.2. The van der Waals surface area contributed by atoms with Gasteiger partial charge in [-0.2, -0.15) is 0 Å². The van der Waals surface area contributed by atoms with Crippen LogP contribution in [0.5, 0.6) is 0 Å². The molecule has 4 nitrogen and oxygen atoms in total. The van der Waals surface area contributed by atoms with Crippen LogP contribution < -0.4 is 5.32 Å². The van der Waals surface area contributed by atoms with E-state index < -0.39 is 10.8 Å². The van der Waals surface area contributed by atoms with E-state index >= 15 is 0 Å². The summed E-state index contributed by atoms with van der Waals surface area (Å²) < 4.78 is 12.2. The Kier molecular flexibility index (Phi) is 6.23. The largest absolute Gasteiger partial charge is 0.355 e. The molecule has 0 amide bonds. The number of hydrogen-bond acceptors (Lipinski definition) is 2. The Labute approximate surface area is 130 Å². The SMILES string of the molecule is CN=C(NCCS(=O)c1ccccc1)N1CCCC(C)C1. The van der Waals surface area contributed by atoms with E-state index in [1.807, 2.05) is 37.4 Å². The van der Waals surface area contributed by atoms with Gasteiger partial charge in [-0.15, -0.1) is 0 Å². The first kappa shape index (κ1) is 16.0. The molecule has 1 N–H and O–H groups in total. The van der Waals surface area contributed by atoms with E-state index in [1.165, 1.54) is 12.8 Å². The molecule has 1 aliphatic heterocycles. The van der Waals surface area contributed by atoms with E-state index in [9.17, 15) is 4.21 Å². The maximum atomic E-state index is 12.2. The van der Waals surface area contributed by atoms with Crippen LogP contribution in [0.3, 0.4) is 0 Å². The quantitative estimate of drug-likeness (QED) is 0.684. The van der Waals surface area contributed by atoms with Gasteiger partial charge in [0.2, 0.25) is 0 Å². The van der Waals surface area contributed by atoms with E-state index in [4.69, 9.17) is 0 Å². The Bertz CT molecular complexity index is 490. The topological polar surface area (TPSA) is 44.7 Å². The molecule has 0 spiro atoms. The monoisotopic (exact) mass is 307 g/mol. The van der Waals surface area contributed by atoms with E-state index in [0.717, 1.165) is 29.9 Å². The maximum Gasteiger partial charge on any atom is 0.193 e. The summed E-state index contributed by atoms with van der Waals surface area (Å²) in [6.45, 7) is 5.08. The van der Waals surface area contributed by atoms with Gasteiger partial charge in [0.25, 0.3) is 0 Å². The Morgan fingerprint density at radius 1 is 1.43 bits per heavy atom. The fourth-order valence-corrected chi connectivity index (χ4v) is 3.64. The van der Waals surface area contributed by atoms with Crippen molar-refractivity contribution in [1.82, 2.24) is 10.2 Å². The first-order chi connectivity index (χ1) is 10.2. The number of nitrogens with one attached hydrogen (secondary N) is 1. The summed E-state index contributed by atoms with van der Waals surface area (Å²) in [6.07, 6.45) is 2.52. The van der Waals surface area contributed by atoms with Gasteiger partial charge >= 0.3 is 0 Å². The van der Waals surface area contributed by atoms with Gasteiger partial charge in [0.05, 0.1) is 10.8 Å². The van der Waals surface area contributed by atoms with Crippen molar-refractivity contribution in [1.29, 1.82) is 0 Å². The van der Waals surface area contributed by atoms with Gasteiger partial charge in [-0.05, 0) is 30.9 Å². The lowest BCUT2D eigenvalue weighted by atomic mass is 10.0. The van der Waals surface area contributed by atoms with Crippen LogP contribution in [0.15, 0.2) is 40.2 Å². The van der Waals surface area contributed by atoms with Gasteiger partial charge in [0.1, 0.15) is 0 Å². The summed E-state index contributed by atoms with van der Waals surface area (Å²) in [4.78, 5) is 7.54. The average molecular weight is 307 g/mol. The molecule has 0 aliphatic carbocycles. The highest BCUT2D eigenvalue weighted by Gasteiger charge is 2.19. The predicted molar refractivity (Wildman–Crippen MR) is 89.1 cm³/mol. The summed E-state index contributed by atoms with van der Waals surface area (Å²) in [7, 11) is 0.865. The van der Waals surface area contributed by atoms with E-state index in [-0.39, 0.29) is 0 Å². The normalized spacial score (nSPS) is 21.1. The lowest BCUT2D eigenvalue weighted by Crippen LogP contribution is -2.47. The minimum absolute atomic E-state index is 0.604. The zero-order chi connectivity index (χ0) is 15.1. The highest BCUT2D eigenvalue weighted by molar-refractivity contribution is 7.85. The average Bonchev–Trinajstić information content (AvgIpc) is 2.52. The predicted octanol–water partition coefficient (Wildman–Crippen LogP) is 2.10. The summed E-state index contributed by atoms with van der Waals surface area (Å²) in [5, 5.41) is 3.34. The first-order valence-electron chi connectivity index (χ1n) is 7.59. The Morgan fingerprint density at radius 2 is 2.19 bits per heavy atom. The van der Waals surface area contributed by atoms with E-state index in [1.54, 1.807) is 0 Å². The molecule has 0 radical (unpaired) electrons. The summed E-state index contributed by atoms with van der Waals surface area (Å²) >= 11 is 0. The van der Waals surface area contributed by atoms with Gasteiger partial charge in [-0.25, -0.2) is 0 Å². The lowest BCUT2D eigenvalue weighted by molar-refractivity contribution is 0.266. The maximum absolute atomic E-state index is 12.2. The van der Waals surface area contributed by atoms with Crippen LogP contribution in [0.1, 0.15) is 19.8 Å². The molecular formula is C16H25N3OS. The van der Waals surface area contributed by atoms with Crippen LogP contribution in [0, 0.1) is 5.92 Å². The third-order valence-electron chi connectivity index (χ3n) is 3.75. The van der Waals surface area contributed by atoms with Crippen LogP contribution in [0.4, 0.5) is 0 Å². The lowest BCUT2D eigenvalue weighted by Gasteiger charge is -2.33. The molecule has 0 bridgehead atoms. The highest BCUT2D eigenvalue weighted by Crippen LogP contribution is 2.15. The number of rotatable bonds is 4. The van der Waals surface area contributed by atoms with Crippen molar-refractivity contribution in [3.05, 3.63) is 30.3 Å². The minimum atomic E-state index is -0.950. The standard InChI is InChI=1S/C16H25N3OS/c1-14-7-6-11-19(13-14)16(17-2)18-10-12-21(20)15-8-4-3-5-9-15/h3-5,8-9,14H,6-7,10-13H2,1-2H3,(H,17,18). The van der Waals surface area contributed by atoms with Crippen LogP contribution in [-0.2, 0) is 10.8 Å². The molecule has 2 unspecified atom stereocenters. The molecule has 2 rings (SSSR count). The molecule has 1 aliphatic rings. The number of likely N-dealkylation sites (tertiary alicyclic amines) is 1. The fourth-order valence-electron chi connectivity index (χ4n) is 2.66. The second-order valence-electron chi connectivity index (χ2n) is 5.53. The van der Waals surface area contributed by atoms with Crippen LogP contribution in [-0.4, -0.2) is 47.5 Å². The van der Waals surface area contributed by atoms with Crippen LogP contribution >= 0.6 is 0 Å². The van der Waals surface area contributed by atoms with Gasteiger partial charge < -0.3 is 10.2 Å². The van der Waals surface area contributed by atoms with Gasteiger partial charge in [0.15, 0.2) is 5.96 Å². The number of benzene rings is 1. The molecule has 1 heterocycles. The number of hydrogen-bond donors (Lipinski definition) is 1. The van der Waals surface area contributed by atoms with Crippen molar-refractivity contribution < 1.29 is 4.21 Å². The van der Waals surface area contributed by atoms with Gasteiger partial charge in [-0.3, -0.25) is 9.20 Å². The zero-order valence-electron chi connectivity index (χ0n) is 12.9. The van der Waals surface area contributed by atoms with Gasteiger partial charge in [0, 0.05) is 37.3 Å². The summed E-state index contributed by atoms with van der Waals surface area (Å²) in [5.41, 5.74) is 0. The molecule has 0 saturated carbocycles. The number of aliphatic imine (C=N–C) groups is 1. The second kappa shape index (κ2) is 8.17. The van der Waals surface area contributed by atoms with Crippen LogP contribution in [0.2, 0.25) is 0 Å². The third-order valence-corrected chi connectivity index (χ3v) is 5.12. The van der Waals surface area contributed by atoms with Crippen molar-refractivity contribution in [2.45, 2.75) is 24.7 Å². The summed E-state index contributed by atoms with van der Waals surface area (Å²) in [6, 6.07) is 9.62. The first-order valence-corrected chi connectivity index (χ1v) is 8.91. The van der Waals surface area contributed by atoms with Crippen molar-refractivity contribution in [3.8, 4) is 0 Å². The Morgan fingerprint density at radius 3 is 2.86 bits per heavy atom. The Hall–Kier alpha value is -1.36. The van der Waals surface area contributed by atoms with Crippen molar-refractivity contribution in [2.75, 3.05) is 32.4 Å². The second-order valence-corrected chi connectivity index (χ2v) is 7.10. The molecule has 0 aromatic heterocycles. The minimum Gasteiger partial charge on any atom is -0.355 e. The fraction of sp³-hybridized carbons (Fsp3) is 0.562. The molecular weight excluding hydrogens is 282 g/mol. The number of guanidine groups is 1. The number of nitrogens with zero attached hydrogens (tertiary/aromatic N) is 2. The molecule has 1 aromatic carbocycles. The number of piperidine rings is 1. The van der Waals surface area contributed by atoms with Crippen molar-refractivity contribution >= 4 is 16.8 Å². The van der Waals surface area contributed by atoms with Crippen LogP contribution in [0.25, 0.3) is 0 Å². The van der Waals surface area contributed by atoms with Crippen molar-refractivity contribution in [2.24, 2.45) is 10.9 Å². The third kappa shape index (κ3) is 4.84. The van der Waals surface area contributed by atoms with Gasteiger partial charge in [-0.1, -0.05) is 25.1 Å². The summed E-state index contributed by atoms with van der Waals surface area (Å²) in [5.74, 6) is 2.26.